The zero-order chi connectivity index (χ0) is 82.5. The summed E-state index contributed by atoms with van der Waals surface area (Å²) in [5.41, 5.74) is 71.0. The topological polar surface area (TPSA) is 90.2 Å². The van der Waals surface area contributed by atoms with E-state index in [9.17, 15) is 0 Å². The van der Waals surface area contributed by atoms with E-state index in [0.29, 0.717) is 0 Å². The Kier molecular flexibility index (Phi) is 21.8. The maximum Gasteiger partial charge on any atom is 0.0748 e. The third-order valence-electron chi connectivity index (χ3n) is 27.2. The van der Waals surface area contributed by atoms with Crippen molar-refractivity contribution < 1.29 is 0 Å². The number of aryl methyl sites for hydroxylation is 14. The molecule has 7 aromatic heterocycles. The first kappa shape index (κ1) is 79.8. The quantitative estimate of drug-likeness (QED) is 0.149. The van der Waals surface area contributed by atoms with Crippen LogP contribution in [0.4, 0.5) is 0 Å². The van der Waals surface area contributed by atoms with E-state index in [4.69, 9.17) is 19.9 Å². The van der Waals surface area contributed by atoms with Crippen molar-refractivity contribution in [3.63, 3.8) is 0 Å². The molecule has 0 saturated heterocycles. The maximum absolute atomic E-state index is 4.82. The summed E-state index contributed by atoms with van der Waals surface area (Å²) in [5, 5.41) is 0. The molecule has 0 atom stereocenters. The molecule has 0 fully saturated rings. The maximum atomic E-state index is 4.82. The third kappa shape index (κ3) is 14.6. The molecule has 14 aromatic rings. The molecular formula is C109H113N7. The van der Waals surface area contributed by atoms with E-state index in [2.05, 4.69) is 315 Å². The summed E-state index contributed by atoms with van der Waals surface area (Å²) in [6.45, 7) is 54.2. The Morgan fingerprint density at radius 2 is 0.483 bits per heavy atom. The molecule has 116 heavy (non-hydrogen) atoms. The molecule has 7 aliphatic carbocycles. The lowest BCUT2D eigenvalue weighted by Crippen LogP contribution is -1.98. The predicted molar refractivity (Wildman–Crippen MR) is 486 cm³/mol. The number of pyridine rings is 7. The van der Waals surface area contributed by atoms with Crippen molar-refractivity contribution in [1.29, 1.82) is 0 Å². The van der Waals surface area contributed by atoms with Gasteiger partial charge in [-0.3, -0.25) is 34.9 Å². The van der Waals surface area contributed by atoms with Gasteiger partial charge in [-0.25, -0.2) is 0 Å². The van der Waals surface area contributed by atoms with Gasteiger partial charge in [0, 0.05) is 125 Å². The fourth-order valence-corrected chi connectivity index (χ4v) is 18.5. The summed E-state index contributed by atoms with van der Waals surface area (Å²) in [6, 6.07) is 46.3. The molecular weight excluding hydrogens is 1410 g/mol. The zero-order valence-corrected chi connectivity index (χ0v) is 73.4. The number of hydrogen-bond donors (Lipinski definition) is 0. The zero-order valence-electron chi connectivity index (χ0n) is 73.4. The minimum atomic E-state index is 1.05. The van der Waals surface area contributed by atoms with Crippen LogP contribution in [-0.2, 0) is 44.9 Å². The van der Waals surface area contributed by atoms with Gasteiger partial charge in [-0.05, 0) is 358 Å². The summed E-state index contributed by atoms with van der Waals surface area (Å²) in [6.07, 6.45) is 13.3. The lowest BCUT2D eigenvalue weighted by molar-refractivity contribution is 1.08. The number of fused-ring (bicyclic) bond motifs is 21. The molecule has 21 rings (SSSR count). The van der Waals surface area contributed by atoms with E-state index >= 15 is 0 Å². The fraction of sp³-hybridized carbons (Fsp3) is 0.294. The summed E-state index contributed by atoms with van der Waals surface area (Å²) < 4.78 is 0. The molecule has 7 aromatic carbocycles. The van der Waals surface area contributed by atoms with Gasteiger partial charge in [0.2, 0.25) is 0 Å². The minimum Gasteiger partial charge on any atom is -0.256 e. The third-order valence-corrected chi connectivity index (χ3v) is 27.2. The van der Waals surface area contributed by atoms with Crippen molar-refractivity contribution in [2.75, 3.05) is 0 Å². The van der Waals surface area contributed by atoms with Crippen LogP contribution >= 0.6 is 0 Å². The minimum absolute atomic E-state index is 1.05. The second-order valence-electron chi connectivity index (χ2n) is 34.5. The van der Waals surface area contributed by atoms with Crippen molar-refractivity contribution in [1.82, 2.24) is 34.9 Å². The molecule has 0 spiro atoms. The van der Waals surface area contributed by atoms with Gasteiger partial charge < -0.3 is 0 Å². The van der Waals surface area contributed by atoms with Crippen LogP contribution in [0.5, 0.6) is 0 Å². The van der Waals surface area contributed by atoms with Crippen molar-refractivity contribution in [3.8, 4) is 78.8 Å². The summed E-state index contributed by atoms with van der Waals surface area (Å²) in [4.78, 5) is 33.0. The second kappa shape index (κ2) is 31.7. The molecule has 0 radical (unpaired) electrons. The molecule has 0 amide bonds. The number of benzene rings is 7. The monoisotopic (exact) mass is 1520 g/mol. The van der Waals surface area contributed by atoms with Gasteiger partial charge >= 0.3 is 0 Å². The lowest BCUT2D eigenvalue weighted by Gasteiger charge is -2.10. The van der Waals surface area contributed by atoms with Crippen molar-refractivity contribution in [3.05, 3.63) is 363 Å². The number of hydrogen-bond acceptors (Lipinski definition) is 7. The molecule has 0 saturated carbocycles. The average Bonchev–Trinajstić information content (AvgIpc) is 1.36. The standard InChI is InChI=1S/4C16H17N.3C15H15N/c1-9-5-6-14-13(7-9)8-15-11(3)10(2)12(4)17-16(14)15;1-9-5-6-13-8-14-11(3)10(2)12(4)17-16(14)15(13)7-9;1-9-6-5-7-13-14(9)8-15-11(3)10(2)12(4)17-16(13)15;1-9-6-5-7-13-8-14-11(3)10(2)12(4)17-16(14)15(9)13;1-9-4-5-13-12(6-9)7-14-11(3)10(2)8-16-15(13)14;1-9-4-5-12-7-13-11(3)10(2)8-16-15(13)14(12)6-9;1-9-5-4-6-12-13(9)7-14-11(3)10(2)8-16-15(12)14/h4*5-7H,8H2,1-4H3;3*4-6,8H,7H2,1-3H3. The largest absolute Gasteiger partial charge is 0.256 e. The number of aromatic nitrogens is 7. The van der Waals surface area contributed by atoms with E-state index in [0.717, 1.165) is 67.7 Å². The molecule has 584 valence electrons. The number of rotatable bonds is 0. The van der Waals surface area contributed by atoms with Crippen LogP contribution in [0.3, 0.4) is 0 Å². The first-order valence-electron chi connectivity index (χ1n) is 41.7. The van der Waals surface area contributed by atoms with Crippen molar-refractivity contribution in [2.45, 2.75) is 218 Å². The van der Waals surface area contributed by atoms with Gasteiger partial charge in [0.15, 0.2) is 0 Å². The van der Waals surface area contributed by atoms with E-state index < -0.39 is 0 Å². The Morgan fingerprint density at radius 1 is 0.190 bits per heavy atom. The fourth-order valence-electron chi connectivity index (χ4n) is 18.5. The lowest BCUT2D eigenvalue weighted by atomic mass is 10.0. The van der Waals surface area contributed by atoms with Gasteiger partial charge in [-0.1, -0.05) is 138 Å². The highest BCUT2D eigenvalue weighted by Crippen LogP contribution is 2.46. The normalized spacial score (nSPS) is 12.5. The summed E-state index contributed by atoms with van der Waals surface area (Å²) in [7, 11) is 0. The van der Waals surface area contributed by atoms with Crippen molar-refractivity contribution >= 4 is 0 Å². The SMILES string of the molecule is Cc1ccc2c(c1)-c1nc(C)c(C)c(C)c1C2.Cc1ccc2c(c1)-c1ncc(C)c(C)c1C2.Cc1ccc2c(c1)Cc1c-2nc(C)c(C)c1C.Cc1ccc2c(c1)Cc1c-2ncc(C)c1C.Cc1cccc2c1-c1nc(C)c(C)c(C)c1C2.Cc1cccc2c1Cc1c-2nc(C)c(C)c1C.Cc1cnc2c(c1C)Cc1c(C)cccc1-2. The van der Waals surface area contributed by atoms with Crippen LogP contribution in [0.1, 0.15) is 217 Å². The Bertz CT molecular complexity index is 6390. The van der Waals surface area contributed by atoms with Crippen LogP contribution in [-0.4, -0.2) is 34.9 Å². The molecule has 7 heteroatoms. The Labute approximate surface area is 690 Å². The molecule has 7 nitrogen and oxygen atoms in total. The van der Waals surface area contributed by atoms with Crippen molar-refractivity contribution in [2.24, 2.45) is 0 Å². The molecule has 0 unspecified atom stereocenters. The van der Waals surface area contributed by atoms with Gasteiger partial charge in [-0.15, -0.1) is 0 Å². The first-order chi connectivity index (χ1) is 55.3. The molecule has 0 bridgehead atoms. The van der Waals surface area contributed by atoms with Gasteiger partial charge in [0.05, 0.1) is 39.9 Å². The highest BCUT2D eigenvalue weighted by molar-refractivity contribution is 5.83. The Balaban J connectivity index is 0.000000106. The molecule has 7 heterocycles. The van der Waals surface area contributed by atoms with Crippen LogP contribution in [0.15, 0.2) is 146 Å². The van der Waals surface area contributed by atoms with Crippen LogP contribution in [0, 0.1) is 173 Å². The second-order valence-corrected chi connectivity index (χ2v) is 34.5. The van der Waals surface area contributed by atoms with E-state index in [-0.39, 0.29) is 0 Å². The first-order valence-corrected chi connectivity index (χ1v) is 41.7. The highest BCUT2D eigenvalue weighted by atomic mass is 14.8. The van der Waals surface area contributed by atoms with E-state index in [1.807, 2.05) is 18.6 Å². The molecule has 0 aliphatic heterocycles. The van der Waals surface area contributed by atoms with E-state index in [1.165, 1.54) is 274 Å². The smallest absolute Gasteiger partial charge is 0.0748 e. The van der Waals surface area contributed by atoms with Gasteiger partial charge in [0.1, 0.15) is 0 Å². The van der Waals surface area contributed by atoms with Crippen LogP contribution in [0.2, 0.25) is 0 Å². The number of nitrogens with zero attached hydrogens (tertiary/aromatic N) is 7. The van der Waals surface area contributed by atoms with Gasteiger partial charge in [-0.2, -0.15) is 0 Å². The Morgan fingerprint density at radius 3 is 0.931 bits per heavy atom. The van der Waals surface area contributed by atoms with Gasteiger partial charge in [0.25, 0.3) is 0 Å². The Hall–Kier alpha value is -11.4. The van der Waals surface area contributed by atoms with Crippen LogP contribution in [0.25, 0.3) is 78.8 Å². The molecule has 7 aliphatic rings. The van der Waals surface area contributed by atoms with Crippen LogP contribution < -0.4 is 0 Å². The summed E-state index contributed by atoms with van der Waals surface area (Å²) >= 11 is 0. The molecule has 0 N–H and O–H groups in total. The average molecular weight is 1520 g/mol. The predicted octanol–water partition coefficient (Wildman–Crippen LogP) is 26.3. The summed E-state index contributed by atoms with van der Waals surface area (Å²) in [5.74, 6) is 0. The van der Waals surface area contributed by atoms with E-state index in [1.54, 1.807) is 0 Å². The highest BCUT2D eigenvalue weighted by Gasteiger charge is 2.31.